The summed E-state index contributed by atoms with van der Waals surface area (Å²) in [7, 11) is 1.66. The molecule has 1 aromatic rings. The molecule has 0 bridgehead atoms. The lowest BCUT2D eigenvalue weighted by Gasteiger charge is -2.20. The van der Waals surface area contributed by atoms with Gasteiger partial charge < -0.3 is 16.2 Å². The molecule has 0 radical (unpaired) electrons. The molecule has 1 aromatic carbocycles. The van der Waals surface area contributed by atoms with Crippen LogP contribution < -0.4 is 16.2 Å². The summed E-state index contributed by atoms with van der Waals surface area (Å²) in [6, 6.07) is 8.04. The summed E-state index contributed by atoms with van der Waals surface area (Å²) < 4.78 is 5.11. The highest BCUT2D eigenvalue weighted by molar-refractivity contribution is 7.80. The number of hydrogen-bond acceptors (Lipinski definition) is 4. The van der Waals surface area contributed by atoms with Gasteiger partial charge in [0.2, 0.25) is 0 Å². The molecule has 90 valence electrons. The quantitative estimate of drug-likeness (QED) is 0.652. The summed E-state index contributed by atoms with van der Waals surface area (Å²) in [6.45, 7) is 0.501. The third-order valence-electron chi connectivity index (χ3n) is 2.77. The van der Waals surface area contributed by atoms with Gasteiger partial charge in [0.1, 0.15) is 5.75 Å². The fraction of sp³-hybridized carbons (Fsp3) is 0.500. The van der Waals surface area contributed by atoms with Crippen LogP contribution in [0.3, 0.4) is 0 Å². The average Bonchev–Trinajstić information content (AvgIpc) is 2.35. The number of benzene rings is 1. The molecule has 0 fully saturated rings. The summed E-state index contributed by atoms with van der Waals surface area (Å²) in [4.78, 5) is 0. The topological polar surface area (TPSA) is 61.3 Å². The van der Waals surface area contributed by atoms with Gasteiger partial charge in [0.05, 0.1) is 7.11 Å². The van der Waals surface area contributed by atoms with Crippen LogP contribution in [0.25, 0.3) is 0 Å². The smallest absolute Gasteiger partial charge is 0.118 e. The number of thiol groups is 1. The van der Waals surface area contributed by atoms with Crippen molar-refractivity contribution < 1.29 is 4.74 Å². The summed E-state index contributed by atoms with van der Waals surface area (Å²) in [5, 5.41) is 0. The maximum atomic E-state index is 5.93. The van der Waals surface area contributed by atoms with E-state index in [1.807, 2.05) is 12.1 Å². The van der Waals surface area contributed by atoms with Crippen LogP contribution in [0.5, 0.6) is 5.75 Å². The number of ether oxygens (including phenoxy) is 1. The van der Waals surface area contributed by atoms with Crippen molar-refractivity contribution in [2.45, 2.75) is 12.5 Å². The van der Waals surface area contributed by atoms with Crippen molar-refractivity contribution >= 4 is 12.6 Å². The van der Waals surface area contributed by atoms with E-state index in [0.717, 1.165) is 17.9 Å². The Morgan fingerprint density at radius 2 is 1.94 bits per heavy atom. The van der Waals surface area contributed by atoms with E-state index in [1.54, 1.807) is 7.11 Å². The summed E-state index contributed by atoms with van der Waals surface area (Å²) in [6.07, 6.45) is 0.909. The SMILES string of the molecule is COc1ccc(C[C@H](CS)[C@H](N)CN)cc1. The first-order valence-corrected chi connectivity index (χ1v) is 6.04. The first kappa shape index (κ1) is 13.4. The maximum Gasteiger partial charge on any atom is 0.118 e. The molecule has 0 amide bonds. The Labute approximate surface area is 103 Å². The number of nitrogens with two attached hydrogens (primary N) is 2. The lowest BCUT2D eigenvalue weighted by Crippen LogP contribution is -2.39. The van der Waals surface area contributed by atoms with Gasteiger partial charge in [-0.2, -0.15) is 12.6 Å². The normalized spacial score (nSPS) is 14.5. The molecule has 2 atom stereocenters. The Morgan fingerprint density at radius 1 is 1.31 bits per heavy atom. The molecule has 0 heterocycles. The minimum atomic E-state index is 0.0135. The van der Waals surface area contributed by atoms with Crippen LogP contribution in [-0.2, 0) is 6.42 Å². The van der Waals surface area contributed by atoms with Gasteiger partial charge in [-0.3, -0.25) is 0 Å². The van der Waals surface area contributed by atoms with Crippen molar-refractivity contribution in [3.8, 4) is 5.75 Å². The van der Waals surface area contributed by atoms with E-state index in [9.17, 15) is 0 Å². The third kappa shape index (κ3) is 3.70. The van der Waals surface area contributed by atoms with E-state index >= 15 is 0 Å². The minimum Gasteiger partial charge on any atom is -0.497 e. The van der Waals surface area contributed by atoms with Crippen LogP contribution in [0, 0.1) is 5.92 Å². The lowest BCUT2D eigenvalue weighted by molar-refractivity contribution is 0.414. The molecule has 0 aromatic heterocycles. The van der Waals surface area contributed by atoms with Gasteiger partial charge in [0.15, 0.2) is 0 Å². The first-order chi connectivity index (χ1) is 7.71. The lowest BCUT2D eigenvalue weighted by atomic mass is 9.94. The highest BCUT2D eigenvalue weighted by Gasteiger charge is 2.15. The number of hydrogen-bond donors (Lipinski definition) is 3. The fourth-order valence-corrected chi connectivity index (χ4v) is 2.01. The molecule has 4 N–H and O–H groups in total. The van der Waals surface area contributed by atoms with Crippen LogP contribution in [0.4, 0.5) is 0 Å². The molecular weight excluding hydrogens is 220 g/mol. The van der Waals surface area contributed by atoms with Crippen LogP contribution in [-0.4, -0.2) is 25.4 Å². The molecule has 4 heteroatoms. The van der Waals surface area contributed by atoms with Crippen LogP contribution in [0.15, 0.2) is 24.3 Å². The zero-order chi connectivity index (χ0) is 12.0. The van der Waals surface area contributed by atoms with Gasteiger partial charge in [-0.25, -0.2) is 0 Å². The zero-order valence-corrected chi connectivity index (χ0v) is 10.5. The fourth-order valence-electron chi connectivity index (χ4n) is 1.61. The maximum absolute atomic E-state index is 5.93. The monoisotopic (exact) mass is 240 g/mol. The van der Waals surface area contributed by atoms with Crippen molar-refractivity contribution in [3.63, 3.8) is 0 Å². The Hall–Kier alpha value is -0.710. The molecule has 0 saturated heterocycles. The Balaban J connectivity index is 2.63. The molecule has 0 spiro atoms. The Morgan fingerprint density at radius 3 is 2.38 bits per heavy atom. The van der Waals surface area contributed by atoms with E-state index in [4.69, 9.17) is 16.2 Å². The van der Waals surface area contributed by atoms with Gasteiger partial charge in [0.25, 0.3) is 0 Å². The van der Waals surface area contributed by atoms with Gasteiger partial charge in [-0.15, -0.1) is 0 Å². The highest BCUT2D eigenvalue weighted by atomic mass is 32.1. The molecule has 3 nitrogen and oxygen atoms in total. The molecule has 0 saturated carbocycles. The summed E-state index contributed by atoms with van der Waals surface area (Å²) in [5.74, 6) is 1.95. The highest BCUT2D eigenvalue weighted by Crippen LogP contribution is 2.16. The largest absolute Gasteiger partial charge is 0.497 e. The second kappa shape index (κ2) is 6.78. The van der Waals surface area contributed by atoms with E-state index < -0.39 is 0 Å². The Kier molecular flexibility index (Phi) is 5.66. The van der Waals surface area contributed by atoms with Crippen molar-refractivity contribution in [1.29, 1.82) is 0 Å². The second-order valence-electron chi connectivity index (χ2n) is 3.89. The predicted molar refractivity (Wildman–Crippen MR) is 71.1 cm³/mol. The third-order valence-corrected chi connectivity index (χ3v) is 3.24. The van der Waals surface area contributed by atoms with Crippen LogP contribution >= 0.6 is 12.6 Å². The molecule has 16 heavy (non-hydrogen) atoms. The van der Waals surface area contributed by atoms with Crippen LogP contribution in [0.1, 0.15) is 5.56 Å². The van der Waals surface area contributed by atoms with Crippen molar-refractivity contribution in [2.75, 3.05) is 19.4 Å². The zero-order valence-electron chi connectivity index (χ0n) is 9.60. The van der Waals surface area contributed by atoms with E-state index in [2.05, 4.69) is 24.8 Å². The molecule has 0 aliphatic rings. The van der Waals surface area contributed by atoms with E-state index in [-0.39, 0.29) is 6.04 Å². The standard InChI is InChI=1S/C12H20N2OS/c1-15-11-4-2-9(3-5-11)6-10(8-16)12(14)7-13/h2-5,10,12,16H,6-8,13-14H2,1H3/t10-,12-/m1/s1. The van der Waals surface area contributed by atoms with Gasteiger partial charge >= 0.3 is 0 Å². The van der Waals surface area contributed by atoms with Crippen molar-refractivity contribution in [1.82, 2.24) is 0 Å². The summed E-state index contributed by atoms with van der Waals surface area (Å²) in [5.41, 5.74) is 12.7. The molecule has 0 aliphatic carbocycles. The first-order valence-electron chi connectivity index (χ1n) is 5.40. The number of rotatable bonds is 6. The molecular formula is C12H20N2OS. The van der Waals surface area contributed by atoms with Gasteiger partial charge in [0, 0.05) is 12.6 Å². The van der Waals surface area contributed by atoms with Gasteiger partial charge in [-0.1, -0.05) is 12.1 Å². The minimum absolute atomic E-state index is 0.0135. The number of methoxy groups -OCH3 is 1. The van der Waals surface area contributed by atoms with Crippen LogP contribution in [0.2, 0.25) is 0 Å². The van der Waals surface area contributed by atoms with Crippen molar-refractivity contribution in [3.05, 3.63) is 29.8 Å². The van der Waals surface area contributed by atoms with Crippen molar-refractivity contribution in [2.24, 2.45) is 17.4 Å². The molecule has 0 unspecified atom stereocenters. The predicted octanol–water partition coefficient (Wildman–Crippen LogP) is 1.07. The van der Waals surface area contributed by atoms with E-state index in [0.29, 0.717) is 12.5 Å². The molecule has 0 aliphatic heterocycles. The van der Waals surface area contributed by atoms with Gasteiger partial charge in [-0.05, 0) is 35.8 Å². The second-order valence-corrected chi connectivity index (χ2v) is 4.26. The van der Waals surface area contributed by atoms with E-state index in [1.165, 1.54) is 5.56 Å². The molecule has 1 rings (SSSR count). The average molecular weight is 240 g/mol. The Bertz CT molecular complexity index is 302. The summed E-state index contributed by atoms with van der Waals surface area (Å²) >= 11 is 4.32.